The zero-order valence-corrected chi connectivity index (χ0v) is 23.8. The van der Waals surface area contributed by atoms with Crippen LogP contribution in [0.4, 0.5) is 0 Å². The van der Waals surface area contributed by atoms with Crippen LogP contribution >= 0.6 is 0 Å². The Morgan fingerprint density at radius 1 is 0.643 bits per heavy atom. The van der Waals surface area contributed by atoms with Crippen LogP contribution in [0.3, 0.4) is 0 Å². The third-order valence-electron chi connectivity index (χ3n) is 6.79. The van der Waals surface area contributed by atoms with E-state index in [1.54, 1.807) is 12.1 Å². The number of phenolic OH excluding ortho intramolecular Hbond substituents is 1. The average molecular weight is 585 g/mol. The zero-order valence-electron chi connectivity index (χ0n) is 23.8. The van der Waals surface area contributed by atoms with Crippen LogP contribution in [-0.4, -0.2) is 71.2 Å². The van der Waals surface area contributed by atoms with Crippen molar-refractivity contribution >= 4 is 23.7 Å². The fraction of sp³-hybridized carbons (Fsp3) is 0.467. The van der Waals surface area contributed by atoms with Gasteiger partial charge in [0, 0.05) is 6.42 Å². The Balaban J connectivity index is 2.21. The van der Waals surface area contributed by atoms with Gasteiger partial charge in [-0.1, -0.05) is 42.5 Å². The number of hydrogen-bond donors (Lipinski definition) is 8. The molecule has 0 spiro atoms. The van der Waals surface area contributed by atoms with Crippen LogP contribution in [0.25, 0.3) is 0 Å². The van der Waals surface area contributed by atoms with Crippen molar-refractivity contribution in [2.75, 3.05) is 13.1 Å². The Hall–Kier alpha value is -4.00. The van der Waals surface area contributed by atoms with Crippen molar-refractivity contribution in [3.63, 3.8) is 0 Å². The summed E-state index contributed by atoms with van der Waals surface area (Å²) in [5, 5.41) is 27.2. The molecule has 0 saturated heterocycles. The van der Waals surface area contributed by atoms with Crippen LogP contribution in [0.2, 0.25) is 0 Å². The zero-order chi connectivity index (χ0) is 30.9. The number of rotatable bonds is 19. The summed E-state index contributed by atoms with van der Waals surface area (Å²) >= 11 is 0. The predicted molar refractivity (Wildman–Crippen MR) is 159 cm³/mol. The number of benzene rings is 2. The number of hydrogen-bond acceptors (Lipinski definition) is 8. The maximum atomic E-state index is 13.5. The summed E-state index contributed by atoms with van der Waals surface area (Å²) in [4.78, 5) is 51.6. The summed E-state index contributed by atoms with van der Waals surface area (Å²) in [6.45, 7) is 0.800. The molecule has 4 atom stereocenters. The van der Waals surface area contributed by atoms with E-state index in [0.29, 0.717) is 44.3 Å². The minimum atomic E-state index is -1.20. The van der Waals surface area contributed by atoms with Crippen molar-refractivity contribution in [1.82, 2.24) is 16.0 Å². The van der Waals surface area contributed by atoms with Crippen molar-refractivity contribution in [2.24, 2.45) is 17.2 Å². The summed E-state index contributed by atoms with van der Waals surface area (Å²) < 4.78 is 0. The van der Waals surface area contributed by atoms with E-state index in [0.717, 1.165) is 5.56 Å². The van der Waals surface area contributed by atoms with Crippen molar-refractivity contribution < 1.29 is 29.4 Å². The number of aromatic hydroxyl groups is 1. The Kier molecular flexibility index (Phi) is 15.0. The molecule has 0 bridgehead atoms. The van der Waals surface area contributed by atoms with Gasteiger partial charge in [0.05, 0.1) is 6.04 Å². The number of carboxylic acid groups (broad SMARTS) is 1. The molecule has 11 N–H and O–H groups in total. The molecule has 0 fully saturated rings. The van der Waals surface area contributed by atoms with Crippen molar-refractivity contribution in [3.05, 3.63) is 65.7 Å². The van der Waals surface area contributed by atoms with Crippen LogP contribution in [0.5, 0.6) is 5.75 Å². The monoisotopic (exact) mass is 584 g/mol. The molecule has 12 nitrogen and oxygen atoms in total. The van der Waals surface area contributed by atoms with Crippen LogP contribution in [0, 0.1) is 0 Å². The molecule has 42 heavy (non-hydrogen) atoms. The first-order valence-electron chi connectivity index (χ1n) is 14.3. The van der Waals surface area contributed by atoms with Crippen LogP contribution in [0.1, 0.15) is 49.7 Å². The van der Waals surface area contributed by atoms with E-state index in [2.05, 4.69) is 16.0 Å². The van der Waals surface area contributed by atoms with Gasteiger partial charge in [0.25, 0.3) is 0 Å². The maximum Gasteiger partial charge on any atom is 0.326 e. The lowest BCUT2D eigenvalue weighted by atomic mass is 10.0. The van der Waals surface area contributed by atoms with Crippen molar-refractivity contribution in [1.29, 1.82) is 0 Å². The molecule has 0 aromatic heterocycles. The van der Waals surface area contributed by atoms with Gasteiger partial charge in [0.2, 0.25) is 17.7 Å². The highest BCUT2D eigenvalue weighted by Gasteiger charge is 2.30. The number of nitrogens with one attached hydrogen (secondary N) is 3. The standard InChI is InChI=1S/C30H44N6O6/c31-16-6-4-10-24(34-27(38)23(33)18-20-8-2-1-3-9-20)28(39)36-26(19-21-12-14-22(37)15-13-21)29(40)35-25(30(41)42)11-5-7-17-32/h1-3,8-9,12-15,23-26,37H,4-7,10-11,16-19,31-33H2,(H,34,38)(H,35,40)(H,36,39)(H,41,42)/t23-,24-,25-,26-/m1/s1. The van der Waals surface area contributed by atoms with Crippen LogP contribution in [-0.2, 0) is 32.0 Å². The van der Waals surface area contributed by atoms with E-state index >= 15 is 0 Å². The van der Waals surface area contributed by atoms with Crippen molar-refractivity contribution in [3.8, 4) is 5.75 Å². The minimum absolute atomic E-state index is 0.0178. The second kappa shape index (κ2) is 18.4. The van der Waals surface area contributed by atoms with E-state index in [9.17, 15) is 29.4 Å². The molecule has 2 aromatic rings. The number of carboxylic acids is 1. The quantitative estimate of drug-likeness (QED) is 0.106. The lowest BCUT2D eigenvalue weighted by Crippen LogP contribution is -2.57. The molecule has 0 unspecified atom stereocenters. The van der Waals surface area contributed by atoms with Gasteiger partial charge in [-0.15, -0.1) is 0 Å². The molecule has 0 aliphatic carbocycles. The number of phenols is 1. The van der Waals surface area contributed by atoms with Gasteiger partial charge < -0.3 is 43.4 Å². The summed E-state index contributed by atoms with van der Waals surface area (Å²) in [5.41, 5.74) is 18.8. The molecule has 0 heterocycles. The summed E-state index contributed by atoms with van der Waals surface area (Å²) in [6.07, 6.45) is 2.99. The van der Waals surface area contributed by atoms with Gasteiger partial charge in [0.1, 0.15) is 23.9 Å². The maximum absolute atomic E-state index is 13.5. The molecule has 0 aliphatic rings. The third-order valence-corrected chi connectivity index (χ3v) is 6.79. The molecular weight excluding hydrogens is 540 g/mol. The first-order chi connectivity index (χ1) is 20.1. The fourth-order valence-corrected chi connectivity index (χ4v) is 4.37. The first-order valence-corrected chi connectivity index (χ1v) is 14.3. The molecule has 0 radical (unpaired) electrons. The van der Waals surface area contributed by atoms with Crippen molar-refractivity contribution in [2.45, 2.75) is 75.5 Å². The topological polar surface area (TPSA) is 223 Å². The Morgan fingerprint density at radius 2 is 1.14 bits per heavy atom. The molecule has 230 valence electrons. The van der Waals surface area contributed by atoms with Gasteiger partial charge >= 0.3 is 5.97 Å². The van der Waals surface area contributed by atoms with Gasteiger partial charge in [-0.05, 0) is 81.3 Å². The van der Waals surface area contributed by atoms with Crippen LogP contribution < -0.4 is 33.2 Å². The van der Waals surface area contributed by atoms with Gasteiger partial charge in [0.15, 0.2) is 0 Å². The molecule has 2 aromatic carbocycles. The third kappa shape index (κ3) is 12.2. The lowest BCUT2D eigenvalue weighted by molar-refractivity contribution is -0.142. The lowest BCUT2D eigenvalue weighted by Gasteiger charge is -2.25. The van der Waals surface area contributed by atoms with Gasteiger partial charge in [-0.2, -0.15) is 0 Å². The molecule has 0 saturated carbocycles. The second-order valence-corrected chi connectivity index (χ2v) is 10.3. The summed E-state index contributed by atoms with van der Waals surface area (Å²) in [7, 11) is 0. The highest BCUT2D eigenvalue weighted by Crippen LogP contribution is 2.13. The number of carbonyl (C=O) groups is 4. The molecule has 0 aliphatic heterocycles. The summed E-state index contributed by atoms with van der Waals surface area (Å²) in [6, 6.07) is 11.1. The molecular formula is C30H44N6O6. The molecule has 3 amide bonds. The number of unbranched alkanes of at least 4 members (excludes halogenated alkanes) is 2. The number of amides is 3. The second-order valence-electron chi connectivity index (χ2n) is 10.3. The molecule has 2 rings (SSSR count). The normalized spacial score (nSPS) is 13.8. The van der Waals surface area contributed by atoms with E-state index < -0.39 is 47.9 Å². The predicted octanol–water partition coefficient (Wildman–Crippen LogP) is 0.302. The summed E-state index contributed by atoms with van der Waals surface area (Å²) in [5.74, 6) is -2.98. The Bertz CT molecular complexity index is 1130. The number of aliphatic carboxylic acids is 1. The Labute approximate surface area is 246 Å². The first kappa shape index (κ1) is 34.2. The average Bonchev–Trinajstić information content (AvgIpc) is 2.97. The Morgan fingerprint density at radius 3 is 1.71 bits per heavy atom. The highest BCUT2D eigenvalue weighted by atomic mass is 16.4. The van der Waals surface area contributed by atoms with E-state index in [1.165, 1.54) is 12.1 Å². The SMILES string of the molecule is NCCCC[C@@H](NC(=O)[C@@H](Cc1ccc(O)cc1)NC(=O)[C@@H](CCCCN)NC(=O)[C@H](N)Cc1ccccc1)C(=O)O. The van der Waals surface area contributed by atoms with E-state index in [4.69, 9.17) is 17.2 Å². The van der Waals surface area contributed by atoms with Crippen LogP contribution in [0.15, 0.2) is 54.6 Å². The highest BCUT2D eigenvalue weighted by molar-refractivity contribution is 5.94. The van der Waals surface area contributed by atoms with Gasteiger partial charge in [-0.3, -0.25) is 14.4 Å². The smallest absolute Gasteiger partial charge is 0.326 e. The molecule has 12 heteroatoms. The minimum Gasteiger partial charge on any atom is -0.508 e. The van der Waals surface area contributed by atoms with E-state index in [1.807, 2.05) is 30.3 Å². The largest absolute Gasteiger partial charge is 0.508 e. The van der Waals surface area contributed by atoms with Gasteiger partial charge in [-0.25, -0.2) is 4.79 Å². The number of carbonyl (C=O) groups excluding carboxylic acids is 3. The number of nitrogens with two attached hydrogens (primary N) is 3. The van der Waals surface area contributed by atoms with E-state index in [-0.39, 0.29) is 31.4 Å². The fourth-order valence-electron chi connectivity index (χ4n) is 4.37.